The number of piperidine rings is 1. The van der Waals surface area contributed by atoms with Crippen LogP contribution in [-0.4, -0.2) is 60.5 Å². The van der Waals surface area contributed by atoms with Crippen LogP contribution in [-0.2, 0) is 20.7 Å². The van der Waals surface area contributed by atoms with Gasteiger partial charge in [-0.1, -0.05) is 5.16 Å². The first-order chi connectivity index (χ1) is 12.8. The Bertz CT molecular complexity index is 585. The molecule has 0 N–H and O–H groups in total. The van der Waals surface area contributed by atoms with Crippen LogP contribution in [0.1, 0.15) is 56.2 Å². The molecule has 0 saturated carbocycles. The normalized spacial score (nSPS) is 24.1. The number of ether oxygens (including phenoxy) is 2. The molecule has 7 nitrogen and oxygen atoms in total. The molecule has 26 heavy (non-hydrogen) atoms. The Morgan fingerprint density at radius 1 is 0.962 bits per heavy atom. The van der Waals surface area contributed by atoms with E-state index in [-0.39, 0.29) is 5.92 Å². The number of carbonyl (C=O) groups is 1. The average molecular weight is 363 g/mol. The summed E-state index contributed by atoms with van der Waals surface area (Å²) in [5.41, 5.74) is 0. The highest BCUT2D eigenvalue weighted by Gasteiger charge is 2.30. The van der Waals surface area contributed by atoms with Crippen molar-refractivity contribution in [1.82, 2.24) is 15.0 Å². The lowest BCUT2D eigenvalue weighted by molar-refractivity contribution is -0.139. The first-order valence-electron chi connectivity index (χ1n) is 10.1. The minimum Gasteiger partial charge on any atom is -0.381 e. The second-order valence-electron chi connectivity index (χ2n) is 7.79. The molecule has 0 aromatic carbocycles. The van der Waals surface area contributed by atoms with E-state index in [9.17, 15) is 4.79 Å². The van der Waals surface area contributed by atoms with Gasteiger partial charge in [0.2, 0.25) is 11.8 Å². The average Bonchev–Trinajstić information content (AvgIpc) is 3.18. The fourth-order valence-corrected chi connectivity index (χ4v) is 4.28. The number of rotatable bonds is 4. The molecular weight excluding hydrogens is 334 g/mol. The molecular formula is C19H29N3O4. The van der Waals surface area contributed by atoms with Gasteiger partial charge in [-0.25, -0.2) is 0 Å². The Kier molecular flexibility index (Phi) is 5.84. The Labute approximate surface area is 154 Å². The molecule has 7 heteroatoms. The zero-order chi connectivity index (χ0) is 17.8. The lowest BCUT2D eigenvalue weighted by atomic mass is 9.91. The molecule has 144 valence electrons. The van der Waals surface area contributed by atoms with Gasteiger partial charge in [0.15, 0.2) is 5.82 Å². The van der Waals surface area contributed by atoms with Crippen molar-refractivity contribution in [2.45, 2.75) is 50.9 Å². The van der Waals surface area contributed by atoms with E-state index in [1.807, 2.05) is 4.90 Å². The van der Waals surface area contributed by atoms with Crippen LogP contribution in [0.2, 0.25) is 0 Å². The third-order valence-corrected chi connectivity index (χ3v) is 6.03. The number of amides is 1. The van der Waals surface area contributed by atoms with Gasteiger partial charge >= 0.3 is 0 Å². The highest BCUT2D eigenvalue weighted by molar-refractivity contribution is 5.79. The molecule has 0 atom stereocenters. The van der Waals surface area contributed by atoms with Crippen molar-refractivity contribution < 1.29 is 18.8 Å². The van der Waals surface area contributed by atoms with Gasteiger partial charge in [-0.05, 0) is 44.4 Å². The van der Waals surface area contributed by atoms with E-state index in [0.717, 1.165) is 96.2 Å². The quantitative estimate of drug-likeness (QED) is 0.816. The van der Waals surface area contributed by atoms with Crippen molar-refractivity contribution in [3.05, 3.63) is 11.7 Å². The van der Waals surface area contributed by atoms with Crippen molar-refractivity contribution in [3.63, 3.8) is 0 Å². The lowest BCUT2D eigenvalue weighted by Gasteiger charge is -2.34. The van der Waals surface area contributed by atoms with Crippen molar-refractivity contribution in [3.8, 4) is 0 Å². The Balaban J connectivity index is 1.25. The van der Waals surface area contributed by atoms with Crippen LogP contribution in [0, 0.1) is 11.8 Å². The largest absolute Gasteiger partial charge is 0.381 e. The van der Waals surface area contributed by atoms with Gasteiger partial charge in [-0.2, -0.15) is 4.98 Å². The highest BCUT2D eigenvalue weighted by Crippen LogP contribution is 2.27. The summed E-state index contributed by atoms with van der Waals surface area (Å²) in [6, 6.07) is 0. The molecule has 0 radical (unpaired) electrons. The van der Waals surface area contributed by atoms with Crippen LogP contribution < -0.4 is 0 Å². The van der Waals surface area contributed by atoms with Gasteiger partial charge in [-0.15, -0.1) is 0 Å². The molecule has 0 spiro atoms. The van der Waals surface area contributed by atoms with E-state index in [2.05, 4.69) is 10.1 Å². The number of carbonyl (C=O) groups excluding carboxylic acids is 1. The van der Waals surface area contributed by atoms with E-state index in [0.29, 0.717) is 17.7 Å². The lowest BCUT2D eigenvalue weighted by Crippen LogP contribution is -2.43. The van der Waals surface area contributed by atoms with Gasteiger partial charge < -0.3 is 18.9 Å². The summed E-state index contributed by atoms with van der Waals surface area (Å²) in [6.45, 7) is 4.71. The van der Waals surface area contributed by atoms with Gasteiger partial charge in [0.05, 0.1) is 0 Å². The highest BCUT2D eigenvalue weighted by atomic mass is 16.5. The molecule has 3 saturated heterocycles. The Morgan fingerprint density at radius 2 is 1.62 bits per heavy atom. The summed E-state index contributed by atoms with van der Waals surface area (Å²) in [7, 11) is 0. The van der Waals surface area contributed by atoms with E-state index >= 15 is 0 Å². The van der Waals surface area contributed by atoms with Crippen molar-refractivity contribution >= 4 is 5.91 Å². The smallest absolute Gasteiger partial charge is 0.226 e. The van der Waals surface area contributed by atoms with E-state index in [1.54, 1.807) is 0 Å². The molecule has 3 aliphatic rings. The third kappa shape index (κ3) is 4.26. The molecule has 4 rings (SSSR count). The van der Waals surface area contributed by atoms with Crippen LogP contribution in [0.25, 0.3) is 0 Å². The van der Waals surface area contributed by atoms with Crippen LogP contribution >= 0.6 is 0 Å². The van der Waals surface area contributed by atoms with Crippen LogP contribution in [0.15, 0.2) is 4.52 Å². The zero-order valence-electron chi connectivity index (χ0n) is 15.4. The van der Waals surface area contributed by atoms with Crippen LogP contribution in [0.4, 0.5) is 0 Å². The fourth-order valence-electron chi connectivity index (χ4n) is 4.28. The number of likely N-dealkylation sites (tertiary alicyclic amines) is 1. The predicted molar refractivity (Wildman–Crippen MR) is 93.6 cm³/mol. The maximum absolute atomic E-state index is 12.6. The zero-order valence-corrected chi connectivity index (χ0v) is 15.4. The van der Waals surface area contributed by atoms with E-state index in [1.165, 1.54) is 0 Å². The van der Waals surface area contributed by atoms with Crippen LogP contribution in [0.5, 0.6) is 0 Å². The molecule has 0 bridgehead atoms. The first-order valence-corrected chi connectivity index (χ1v) is 10.1. The first kappa shape index (κ1) is 17.9. The Morgan fingerprint density at radius 3 is 2.31 bits per heavy atom. The topological polar surface area (TPSA) is 77.7 Å². The summed E-state index contributed by atoms with van der Waals surface area (Å²) in [5.74, 6) is 2.98. The summed E-state index contributed by atoms with van der Waals surface area (Å²) in [4.78, 5) is 19.3. The van der Waals surface area contributed by atoms with Gasteiger partial charge in [-0.3, -0.25) is 4.79 Å². The summed E-state index contributed by atoms with van der Waals surface area (Å²) >= 11 is 0. The number of aromatic nitrogens is 2. The molecule has 3 fully saturated rings. The van der Waals surface area contributed by atoms with E-state index in [4.69, 9.17) is 14.0 Å². The number of nitrogens with zero attached hydrogens (tertiary/aromatic N) is 3. The van der Waals surface area contributed by atoms with Gasteiger partial charge in [0, 0.05) is 57.8 Å². The van der Waals surface area contributed by atoms with Gasteiger partial charge in [0.25, 0.3) is 0 Å². The molecule has 4 heterocycles. The van der Waals surface area contributed by atoms with Crippen molar-refractivity contribution in [2.24, 2.45) is 11.8 Å². The second kappa shape index (κ2) is 8.48. The maximum atomic E-state index is 12.6. The van der Waals surface area contributed by atoms with Crippen LogP contribution in [0.3, 0.4) is 0 Å². The third-order valence-electron chi connectivity index (χ3n) is 6.03. The summed E-state index contributed by atoms with van der Waals surface area (Å²) in [5, 5.41) is 4.19. The molecule has 3 aliphatic heterocycles. The minimum absolute atomic E-state index is 0.165. The van der Waals surface area contributed by atoms with Gasteiger partial charge in [0.1, 0.15) is 0 Å². The van der Waals surface area contributed by atoms with Crippen molar-refractivity contribution in [1.29, 1.82) is 0 Å². The SMILES string of the molecule is O=C(C1CCOCC1)N1CCC(Cc2nc(C3CCOCC3)no2)CC1. The molecule has 1 amide bonds. The molecule has 0 aliphatic carbocycles. The standard InChI is InChI=1S/C19H29N3O4/c23-19(16-5-11-25-12-6-16)22-7-1-14(2-8-22)13-17-20-18(21-26-17)15-3-9-24-10-4-15/h14-16H,1-13H2. The predicted octanol–water partition coefficient (Wildman–Crippen LogP) is 2.17. The number of hydrogen-bond acceptors (Lipinski definition) is 6. The monoisotopic (exact) mass is 363 g/mol. The Hall–Kier alpha value is -1.47. The van der Waals surface area contributed by atoms with E-state index < -0.39 is 0 Å². The molecule has 0 unspecified atom stereocenters. The fraction of sp³-hybridized carbons (Fsp3) is 0.842. The number of hydrogen-bond donors (Lipinski definition) is 0. The summed E-state index contributed by atoms with van der Waals surface area (Å²) < 4.78 is 16.3. The summed E-state index contributed by atoms with van der Waals surface area (Å²) in [6.07, 6.45) is 6.56. The maximum Gasteiger partial charge on any atom is 0.226 e. The molecule has 1 aromatic rings. The molecule has 1 aromatic heterocycles. The minimum atomic E-state index is 0.165. The second-order valence-corrected chi connectivity index (χ2v) is 7.79. The van der Waals surface area contributed by atoms with Crippen molar-refractivity contribution in [2.75, 3.05) is 39.5 Å².